The summed E-state index contributed by atoms with van der Waals surface area (Å²) >= 11 is -0.904. The highest BCUT2D eigenvalue weighted by Crippen LogP contribution is 2.43. The van der Waals surface area contributed by atoms with Gasteiger partial charge in [0.1, 0.15) is 46.2 Å². The van der Waals surface area contributed by atoms with Crippen molar-refractivity contribution in [3.63, 3.8) is 0 Å². The molecule has 236 valence electrons. The molecule has 4 aromatic rings. The van der Waals surface area contributed by atoms with Gasteiger partial charge < -0.3 is 19.3 Å². The van der Waals surface area contributed by atoms with E-state index in [2.05, 4.69) is 14.8 Å². The molecule has 8 rings (SSSR count). The first-order chi connectivity index (χ1) is 21.7. The van der Waals surface area contributed by atoms with E-state index in [1.807, 2.05) is 6.92 Å². The van der Waals surface area contributed by atoms with Gasteiger partial charge in [-0.05, 0) is 83.1 Å². The molecule has 4 saturated heterocycles. The molecule has 0 amide bonds. The second kappa shape index (κ2) is 10.9. The van der Waals surface area contributed by atoms with Crippen molar-refractivity contribution in [2.75, 3.05) is 37.7 Å². The minimum atomic E-state index is -0.915. The lowest BCUT2D eigenvalue weighted by Crippen LogP contribution is -2.47. The summed E-state index contributed by atoms with van der Waals surface area (Å²) in [7, 11) is 0. The van der Waals surface area contributed by atoms with Gasteiger partial charge in [-0.25, -0.2) is 13.2 Å². The number of benzene rings is 3. The number of halogens is 3. The van der Waals surface area contributed by atoms with Gasteiger partial charge in [0.05, 0.1) is 18.6 Å². The Bertz CT molecular complexity index is 1810. The number of aromatic nitrogens is 2. The second-order valence-corrected chi connectivity index (χ2v) is 15.0. The highest BCUT2D eigenvalue weighted by atomic mass is 32.2. The Balaban J connectivity index is 1.27. The monoisotopic (exact) mass is 636 g/mol. The molecular weight excluding hydrogens is 601 g/mol. The zero-order valence-corrected chi connectivity index (χ0v) is 25.9. The molecule has 7 nitrogen and oxygen atoms in total. The molecule has 1 N–H and O–H groups in total. The number of rotatable bonds is 6. The molecule has 0 radical (unpaired) electrons. The van der Waals surface area contributed by atoms with E-state index in [0.717, 1.165) is 32.2 Å². The van der Waals surface area contributed by atoms with Crippen molar-refractivity contribution < 1.29 is 27.6 Å². The lowest BCUT2D eigenvalue weighted by Gasteiger charge is -2.35. The number of aryl methyl sites for hydroxylation is 1. The zero-order chi connectivity index (χ0) is 31.0. The minimum Gasteiger partial charge on any atom is -0.616 e. The van der Waals surface area contributed by atoms with Crippen molar-refractivity contribution in [1.29, 1.82) is 0 Å². The Hall–Kier alpha value is -3.28. The molecule has 11 heteroatoms. The number of hydrogen-bond acceptors (Lipinski definition) is 7. The standard InChI is InChI=1S/C34H35F3N4O3S/c1-2-24-28(36)9-4-19-12-21(42)13-27(29(19)24)25-7-8-26-31(30(25)37)38-33(44-18-34-10-3-11-41(34)15-20(35)14-34)39-32(26)40-16-22-5-6-23(17-40)45(22)43/h4,7-9,12-13,20,22-23,42H,2-3,5-6,10-11,14-18H2,1H3/t20-,22-,23+,34+,45?/m1/s1. The van der Waals surface area contributed by atoms with Crippen LogP contribution in [0, 0.1) is 11.6 Å². The fraction of sp³-hybridized carbons (Fsp3) is 0.471. The summed E-state index contributed by atoms with van der Waals surface area (Å²) in [6.45, 7) is 4.32. The third kappa shape index (κ3) is 4.72. The number of ether oxygens (including phenoxy) is 1. The van der Waals surface area contributed by atoms with Crippen LogP contribution in [-0.2, 0) is 17.6 Å². The van der Waals surface area contributed by atoms with Crippen LogP contribution in [0.3, 0.4) is 0 Å². The van der Waals surface area contributed by atoms with Crippen molar-refractivity contribution in [3.05, 3.63) is 53.6 Å². The fourth-order valence-corrected chi connectivity index (χ4v) is 10.2. The van der Waals surface area contributed by atoms with Crippen LogP contribution in [0.1, 0.15) is 44.6 Å². The summed E-state index contributed by atoms with van der Waals surface area (Å²) < 4.78 is 65.4. The Kier molecular flexibility index (Phi) is 7.07. The normalized spacial score (nSPS) is 28.0. The Morgan fingerprint density at radius 2 is 1.87 bits per heavy atom. The van der Waals surface area contributed by atoms with Crippen molar-refractivity contribution in [3.8, 4) is 22.9 Å². The summed E-state index contributed by atoms with van der Waals surface area (Å²) in [6.07, 6.45) is 3.39. The van der Waals surface area contributed by atoms with Gasteiger partial charge in [-0.2, -0.15) is 9.97 Å². The number of alkyl halides is 1. The van der Waals surface area contributed by atoms with Crippen LogP contribution in [0.4, 0.5) is 19.0 Å². The van der Waals surface area contributed by atoms with E-state index in [1.165, 1.54) is 12.1 Å². The molecule has 5 heterocycles. The quantitative estimate of drug-likeness (QED) is 0.258. The van der Waals surface area contributed by atoms with E-state index >= 15 is 4.39 Å². The maximum atomic E-state index is 16.9. The van der Waals surface area contributed by atoms with Crippen LogP contribution < -0.4 is 9.64 Å². The third-order valence-corrected chi connectivity index (χ3v) is 12.5. The van der Waals surface area contributed by atoms with Crippen LogP contribution in [0.25, 0.3) is 32.8 Å². The summed E-state index contributed by atoms with van der Waals surface area (Å²) in [5.41, 5.74) is 0.605. The molecule has 0 spiro atoms. The van der Waals surface area contributed by atoms with Crippen LogP contribution in [0.5, 0.6) is 11.8 Å². The van der Waals surface area contributed by atoms with Gasteiger partial charge in [0, 0.05) is 36.8 Å². The first kappa shape index (κ1) is 29.1. The summed E-state index contributed by atoms with van der Waals surface area (Å²) in [5.74, 6) is -0.560. The highest BCUT2D eigenvalue weighted by Gasteiger charge is 2.50. The smallest absolute Gasteiger partial charge is 0.319 e. The number of fused-ring (bicyclic) bond motifs is 5. The summed E-state index contributed by atoms with van der Waals surface area (Å²) in [6, 6.07) is 9.38. The van der Waals surface area contributed by atoms with E-state index in [1.54, 1.807) is 24.3 Å². The molecule has 4 fully saturated rings. The minimum absolute atomic E-state index is 0.0113. The summed E-state index contributed by atoms with van der Waals surface area (Å²) in [4.78, 5) is 13.6. The Labute approximate surface area is 262 Å². The summed E-state index contributed by atoms with van der Waals surface area (Å²) in [5, 5.41) is 12.3. The molecule has 2 bridgehead atoms. The van der Waals surface area contributed by atoms with Crippen LogP contribution in [-0.4, -0.2) is 79.5 Å². The SMILES string of the molecule is CCc1c(F)ccc2cc(O)cc(-c3ccc4c(N5C[C@H]6CC[C@@H](C5)[S+]6[O-])nc(OC[C@@]56CCCN5C[C@H](F)C6)nc4c3F)c12. The number of hydrogen-bond donors (Lipinski definition) is 1. The van der Waals surface area contributed by atoms with Gasteiger partial charge in [0.15, 0.2) is 5.82 Å². The van der Waals surface area contributed by atoms with Crippen molar-refractivity contribution in [2.45, 2.75) is 67.7 Å². The number of anilines is 1. The molecule has 0 aliphatic carbocycles. The third-order valence-electron chi connectivity index (χ3n) is 10.4. The van der Waals surface area contributed by atoms with E-state index in [-0.39, 0.29) is 39.9 Å². The molecule has 1 aromatic heterocycles. The first-order valence-electron chi connectivity index (χ1n) is 15.9. The van der Waals surface area contributed by atoms with Crippen LogP contribution >= 0.6 is 0 Å². The van der Waals surface area contributed by atoms with Gasteiger partial charge in [0.2, 0.25) is 0 Å². The maximum Gasteiger partial charge on any atom is 0.319 e. The van der Waals surface area contributed by atoms with Gasteiger partial charge in [-0.1, -0.05) is 19.1 Å². The number of nitrogens with zero attached hydrogens (tertiary/aromatic N) is 4. The molecule has 45 heavy (non-hydrogen) atoms. The topological polar surface area (TPSA) is 84.8 Å². The van der Waals surface area contributed by atoms with E-state index < -0.39 is 34.5 Å². The zero-order valence-electron chi connectivity index (χ0n) is 25.1. The first-order valence-corrected chi connectivity index (χ1v) is 17.1. The molecular formula is C34H35F3N4O3S. The highest BCUT2D eigenvalue weighted by molar-refractivity contribution is 7.93. The molecule has 4 aliphatic heterocycles. The molecule has 1 unspecified atom stereocenters. The molecule has 3 aromatic carbocycles. The van der Waals surface area contributed by atoms with Gasteiger partial charge in [0.25, 0.3) is 0 Å². The van der Waals surface area contributed by atoms with Crippen molar-refractivity contribution in [2.24, 2.45) is 0 Å². The van der Waals surface area contributed by atoms with Gasteiger partial charge in [-0.3, -0.25) is 4.90 Å². The number of aromatic hydroxyl groups is 1. The Morgan fingerprint density at radius 3 is 2.64 bits per heavy atom. The fourth-order valence-electron chi connectivity index (χ4n) is 8.29. The van der Waals surface area contributed by atoms with Crippen LogP contribution in [0.15, 0.2) is 36.4 Å². The number of phenols is 1. The Morgan fingerprint density at radius 1 is 1.07 bits per heavy atom. The van der Waals surface area contributed by atoms with Gasteiger partial charge in [-0.15, -0.1) is 0 Å². The second-order valence-electron chi connectivity index (χ2n) is 13.0. The molecule has 0 saturated carbocycles. The largest absolute Gasteiger partial charge is 0.616 e. The van der Waals surface area contributed by atoms with Crippen molar-refractivity contribution >= 4 is 38.7 Å². The lowest BCUT2D eigenvalue weighted by molar-refractivity contribution is 0.107. The van der Waals surface area contributed by atoms with E-state index in [9.17, 15) is 18.4 Å². The van der Waals surface area contributed by atoms with Gasteiger partial charge >= 0.3 is 6.01 Å². The average Bonchev–Trinajstić information content (AvgIpc) is 3.60. The van der Waals surface area contributed by atoms with Crippen LogP contribution in [0.2, 0.25) is 0 Å². The predicted molar refractivity (Wildman–Crippen MR) is 169 cm³/mol. The maximum absolute atomic E-state index is 16.9. The van der Waals surface area contributed by atoms with E-state index in [4.69, 9.17) is 9.72 Å². The average molecular weight is 637 g/mol. The molecule has 5 atom stereocenters. The number of phenolic OH excluding ortho intramolecular Hbond substituents is 1. The molecule has 4 aliphatic rings. The predicted octanol–water partition coefficient (Wildman–Crippen LogP) is 6.05. The van der Waals surface area contributed by atoms with Crippen molar-refractivity contribution in [1.82, 2.24) is 14.9 Å². The lowest BCUT2D eigenvalue weighted by atomic mass is 9.92. The van der Waals surface area contributed by atoms with E-state index in [0.29, 0.717) is 65.6 Å².